The maximum Gasteiger partial charge on any atom is 0.270 e. The van der Waals surface area contributed by atoms with E-state index in [1.54, 1.807) is 43.2 Å². The van der Waals surface area contributed by atoms with E-state index in [-0.39, 0.29) is 23.3 Å². The number of aromatic nitrogens is 2. The molecule has 10 heteroatoms. The smallest absolute Gasteiger partial charge is 0.270 e. The molecule has 2 aromatic carbocycles. The number of likely N-dealkylation sites (tertiary alicyclic amines) is 1. The number of hydrogen-bond acceptors (Lipinski definition) is 7. The number of methoxy groups -OCH3 is 1. The molecule has 0 aliphatic carbocycles. The molecule has 0 bridgehead atoms. The molecule has 190 valence electrons. The molecule has 9 nitrogen and oxygen atoms in total. The molecule has 1 aliphatic heterocycles. The second kappa shape index (κ2) is 11.8. The number of H-pyrrole nitrogens is 1. The van der Waals surface area contributed by atoms with Gasteiger partial charge in [-0.2, -0.15) is 5.26 Å². The van der Waals surface area contributed by atoms with E-state index in [2.05, 4.69) is 15.3 Å². The Hall–Kier alpha value is -4.10. The highest BCUT2D eigenvalue weighted by Gasteiger charge is 2.26. The Labute approximate surface area is 218 Å². The number of benzene rings is 2. The molecule has 2 amide bonds. The fourth-order valence-electron chi connectivity index (χ4n) is 4.14. The second-order valence-electron chi connectivity index (χ2n) is 8.69. The van der Waals surface area contributed by atoms with Crippen LogP contribution in [-0.4, -0.2) is 46.9 Å². The molecule has 0 atom stereocenters. The van der Waals surface area contributed by atoms with Gasteiger partial charge in [0.2, 0.25) is 11.8 Å². The van der Waals surface area contributed by atoms with Crippen molar-refractivity contribution in [3.8, 4) is 23.1 Å². The van der Waals surface area contributed by atoms with Crippen molar-refractivity contribution >= 4 is 29.3 Å². The fraction of sp³-hybridized carbons (Fsp3) is 0.296. The van der Waals surface area contributed by atoms with Gasteiger partial charge in [0.25, 0.3) is 5.56 Å². The third-order valence-corrected chi connectivity index (χ3v) is 7.21. The molecule has 1 aliphatic rings. The molecule has 0 unspecified atom stereocenters. The second-order valence-corrected chi connectivity index (χ2v) is 9.66. The van der Waals surface area contributed by atoms with Crippen LogP contribution in [0.3, 0.4) is 0 Å². The number of hydrogen-bond donors (Lipinski definition) is 2. The number of carbonyl (C=O) groups is 2. The first-order valence-electron chi connectivity index (χ1n) is 11.8. The van der Waals surface area contributed by atoms with Crippen molar-refractivity contribution in [3.05, 3.63) is 70.0 Å². The standard InChI is InChI=1S/C27H27N5O4S/c1-17(33)32-12-10-19(11-13-32)25(34)29-21-8-6-18(7-9-21)16-37-27-30-24(23(15-28)26(35)31-27)20-4-3-5-22(14-20)36-2/h3-9,14,19H,10-13,16H2,1-2H3,(H,29,34)(H,30,31,35). The number of aromatic amines is 1. The Balaban J connectivity index is 1.39. The lowest BCUT2D eigenvalue weighted by Gasteiger charge is -2.30. The normalized spacial score (nSPS) is 13.6. The minimum absolute atomic E-state index is 0.0326. The summed E-state index contributed by atoms with van der Waals surface area (Å²) in [5, 5.41) is 12.9. The van der Waals surface area contributed by atoms with Crippen LogP contribution in [0, 0.1) is 17.2 Å². The summed E-state index contributed by atoms with van der Waals surface area (Å²) in [7, 11) is 1.55. The van der Waals surface area contributed by atoms with Gasteiger partial charge in [0.15, 0.2) is 5.16 Å². The number of nitriles is 1. The molecular formula is C27H27N5O4S. The Morgan fingerprint density at radius 3 is 2.59 bits per heavy atom. The minimum atomic E-state index is -0.495. The quantitative estimate of drug-likeness (QED) is 0.360. The van der Waals surface area contributed by atoms with Crippen LogP contribution >= 0.6 is 11.8 Å². The van der Waals surface area contributed by atoms with Gasteiger partial charge in [0, 0.05) is 42.9 Å². The lowest BCUT2D eigenvalue weighted by Crippen LogP contribution is -2.40. The van der Waals surface area contributed by atoms with E-state index in [0.29, 0.717) is 59.5 Å². The largest absolute Gasteiger partial charge is 0.497 e. The van der Waals surface area contributed by atoms with E-state index < -0.39 is 5.56 Å². The molecule has 2 heterocycles. The van der Waals surface area contributed by atoms with Gasteiger partial charge in [-0.05, 0) is 42.7 Å². The number of thioether (sulfide) groups is 1. The first-order valence-corrected chi connectivity index (χ1v) is 12.8. The maximum absolute atomic E-state index is 12.6. The van der Waals surface area contributed by atoms with Crippen molar-refractivity contribution in [1.29, 1.82) is 5.26 Å². The van der Waals surface area contributed by atoms with Gasteiger partial charge in [0.05, 0.1) is 12.8 Å². The third-order valence-electron chi connectivity index (χ3n) is 6.26. The van der Waals surface area contributed by atoms with Gasteiger partial charge < -0.3 is 19.9 Å². The van der Waals surface area contributed by atoms with Crippen LogP contribution in [0.1, 0.15) is 30.9 Å². The minimum Gasteiger partial charge on any atom is -0.497 e. The summed E-state index contributed by atoms with van der Waals surface area (Å²) in [4.78, 5) is 45.6. The number of piperidine rings is 1. The lowest BCUT2D eigenvalue weighted by atomic mass is 9.96. The Morgan fingerprint density at radius 2 is 1.95 bits per heavy atom. The van der Waals surface area contributed by atoms with Gasteiger partial charge in [-0.1, -0.05) is 36.0 Å². The number of carbonyl (C=O) groups excluding carboxylic acids is 2. The Bertz CT molecular complexity index is 1390. The SMILES string of the molecule is COc1cccc(-c2nc(SCc3ccc(NC(=O)C4CCN(C(C)=O)CC4)cc3)[nH]c(=O)c2C#N)c1. The van der Waals surface area contributed by atoms with Gasteiger partial charge in [0.1, 0.15) is 17.4 Å². The number of anilines is 1. The molecule has 1 fully saturated rings. The molecule has 2 N–H and O–H groups in total. The molecule has 0 spiro atoms. The number of nitrogens with one attached hydrogen (secondary N) is 2. The molecule has 1 aromatic heterocycles. The average molecular weight is 518 g/mol. The van der Waals surface area contributed by atoms with Crippen LogP contribution < -0.4 is 15.6 Å². The van der Waals surface area contributed by atoms with Gasteiger partial charge >= 0.3 is 0 Å². The van der Waals surface area contributed by atoms with E-state index in [1.165, 1.54) is 11.8 Å². The molecular weight excluding hydrogens is 490 g/mol. The zero-order valence-corrected chi connectivity index (χ0v) is 21.4. The number of ether oxygens (including phenoxy) is 1. The fourth-order valence-corrected chi connectivity index (χ4v) is 4.96. The average Bonchev–Trinajstić information content (AvgIpc) is 2.92. The van der Waals surface area contributed by atoms with Crippen LogP contribution in [0.15, 0.2) is 58.5 Å². The predicted octanol–water partition coefficient (Wildman–Crippen LogP) is 3.81. The van der Waals surface area contributed by atoms with Crippen molar-refractivity contribution in [3.63, 3.8) is 0 Å². The highest BCUT2D eigenvalue weighted by atomic mass is 32.2. The van der Waals surface area contributed by atoms with Crippen LogP contribution in [-0.2, 0) is 15.3 Å². The maximum atomic E-state index is 12.6. The van der Waals surface area contributed by atoms with Crippen molar-refractivity contribution in [1.82, 2.24) is 14.9 Å². The van der Waals surface area contributed by atoms with Crippen LogP contribution in [0.25, 0.3) is 11.3 Å². The van der Waals surface area contributed by atoms with Gasteiger partial charge in [-0.3, -0.25) is 14.4 Å². The third kappa shape index (κ3) is 6.37. The van der Waals surface area contributed by atoms with Gasteiger partial charge in [-0.25, -0.2) is 4.98 Å². The molecule has 0 radical (unpaired) electrons. The van der Waals surface area contributed by atoms with E-state index in [9.17, 15) is 19.6 Å². The molecule has 37 heavy (non-hydrogen) atoms. The van der Waals surface area contributed by atoms with E-state index in [1.807, 2.05) is 30.3 Å². The predicted molar refractivity (Wildman–Crippen MR) is 141 cm³/mol. The number of rotatable bonds is 7. The van der Waals surface area contributed by atoms with Crippen molar-refractivity contribution in [2.75, 3.05) is 25.5 Å². The summed E-state index contributed by atoms with van der Waals surface area (Å²) in [6.07, 6.45) is 1.32. The van der Waals surface area contributed by atoms with Gasteiger partial charge in [-0.15, -0.1) is 0 Å². The summed E-state index contributed by atoms with van der Waals surface area (Å²) in [5.74, 6) is 1.04. The summed E-state index contributed by atoms with van der Waals surface area (Å²) >= 11 is 1.34. The molecule has 4 rings (SSSR count). The zero-order valence-electron chi connectivity index (χ0n) is 20.6. The summed E-state index contributed by atoms with van der Waals surface area (Å²) in [6, 6.07) is 16.5. The Kier molecular flexibility index (Phi) is 8.25. The van der Waals surface area contributed by atoms with Crippen molar-refractivity contribution in [2.45, 2.75) is 30.7 Å². The molecule has 0 saturated carbocycles. The zero-order chi connectivity index (χ0) is 26.4. The number of amides is 2. The van der Waals surface area contributed by atoms with E-state index in [0.717, 1.165) is 5.56 Å². The van der Waals surface area contributed by atoms with Crippen LogP contribution in [0.4, 0.5) is 5.69 Å². The molecule has 3 aromatic rings. The Morgan fingerprint density at radius 1 is 1.22 bits per heavy atom. The lowest BCUT2D eigenvalue weighted by molar-refractivity contribution is -0.132. The van der Waals surface area contributed by atoms with E-state index in [4.69, 9.17) is 4.74 Å². The van der Waals surface area contributed by atoms with Crippen molar-refractivity contribution in [2.24, 2.45) is 5.92 Å². The highest BCUT2D eigenvalue weighted by molar-refractivity contribution is 7.98. The highest BCUT2D eigenvalue weighted by Crippen LogP contribution is 2.27. The van der Waals surface area contributed by atoms with Crippen molar-refractivity contribution < 1.29 is 14.3 Å². The molecule has 1 saturated heterocycles. The van der Waals surface area contributed by atoms with E-state index >= 15 is 0 Å². The summed E-state index contributed by atoms with van der Waals surface area (Å²) in [6.45, 7) is 2.76. The number of nitrogens with zero attached hydrogens (tertiary/aromatic N) is 3. The first-order chi connectivity index (χ1) is 17.9. The first kappa shape index (κ1) is 26.0. The monoisotopic (exact) mass is 517 g/mol. The topological polar surface area (TPSA) is 128 Å². The summed E-state index contributed by atoms with van der Waals surface area (Å²) < 4.78 is 5.25. The summed E-state index contributed by atoms with van der Waals surface area (Å²) in [5.41, 5.74) is 2.07. The van der Waals surface area contributed by atoms with Crippen LogP contribution in [0.5, 0.6) is 5.75 Å². The van der Waals surface area contributed by atoms with Crippen LogP contribution in [0.2, 0.25) is 0 Å².